The number of benzene rings is 1. The first-order valence-electron chi connectivity index (χ1n) is 10.8. The smallest absolute Gasteiger partial charge is 0.258 e. The van der Waals surface area contributed by atoms with Gasteiger partial charge in [0.1, 0.15) is 11.6 Å². The number of anilines is 1. The Morgan fingerprint density at radius 1 is 1.16 bits per heavy atom. The second kappa shape index (κ2) is 10.1. The van der Waals surface area contributed by atoms with Gasteiger partial charge >= 0.3 is 0 Å². The highest BCUT2D eigenvalue weighted by Crippen LogP contribution is 2.19. The lowest BCUT2D eigenvalue weighted by Gasteiger charge is -2.37. The maximum Gasteiger partial charge on any atom is 0.258 e. The van der Waals surface area contributed by atoms with Crippen LogP contribution >= 0.6 is 0 Å². The topological polar surface area (TPSA) is 82.1 Å². The summed E-state index contributed by atoms with van der Waals surface area (Å²) in [6.07, 6.45) is 3.98. The minimum Gasteiger partial charge on any atom is -0.484 e. The van der Waals surface area contributed by atoms with Crippen molar-refractivity contribution in [2.75, 3.05) is 44.7 Å². The molecule has 8 nitrogen and oxygen atoms in total. The van der Waals surface area contributed by atoms with Crippen molar-refractivity contribution in [3.05, 3.63) is 54.2 Å². The van der Waals surface area contributed by atoms with E-state index in [0.29, 0.717) is 18.3 Å². The number of ether oxygens (including phenoxy) is 1. The van der Waals surface area contributed by atoms with Gasteiger partial charge < -0.3 is 25.2 Å². The number of rotatable bonds is 7. The van der Waals surface area contributed by atoms with E-state index in [4.69, 9.17) is 4.74 Å². The van der Waals surface area contributed by atoms with Gasteiger partial charge in [0.05, 0.1) is 0 Å². The summed E-state index contributed by atoms with van der Waals surface area (Å²) in [6.45, 7) is 4.27. The third-order valence-electron chi connectivity index (χ3n) is 5.43. The molecule has 4 rings (SSSR count). The van der Waals surface area contributed by atoms with Crippen LogP contribution < -0.4 is 20.3 Å². The Morgan fingerprint density at radius 2 is 2.00 bits per heavy atom. The molecular formula is C23H30N6O2. The van der Waals surface area contributed by atoms with Gasteiger partial charge in [-0.05, 0) is 42.7 Å². The van der Waals surface area contributed by atoms with Gasteiger partial charge in [-0.2, -0.15) is 0 Å². The minimum absolute atomic E-state index is 0.0512. The molecule has 164 valence electrons. The number of aliphatic imine (C=N–C) groups is 1. The van der Waals surface area contributed by atoms with Gasteiger partial charge in [0.2, 0.25) is 0 Å². The third kappa shape index (κ3) is 6.10. The van der Waals surface area contributed by atoms with Crippen LogP contribution in [0.3, 0.4) is 0 Å². The van der Waals surface area contributed by atoms with Crippen LogP contribution in [-0.4, -0.2) is 67.6 Å². The summed E-state index contributed by atoms with van der Waals surface area (Å²) in [5.41, 5.74) is 1.08. The molecule has 8 heteroatoms. The molecule has 31 heavy (non-hydrogen) atoms. The maximum absolute atomic E-state index is 11.8. The van der Waals surface area contributed by atoms with Crippen molar-refractivity contribution in [1.29, 1.82) is 0 Å². The van der Waals surface area contributed by atoms with Crippen LogP contribution in [-0.2, 0) is 11.3 Å². The molecule has 1 amide bonds. The second-order valence-corrected chi connectivity index (χ2v) is 7.84. The van der Waals surface area contributed by atoms with E-state index >= 15 is 0 Å². The van der Waals surface area contributed by atoms with Crippen molar-refractivity contribution < 1.29 is 9.53 Å². The van der Waals surface area contributed by atoms with E-state index in [1.165, 1.54) is 0 Å². The molecule has 1 aromatic heterocycles. The first-order valence-corrected chi connectivity index (χ1v) is 10.8. The molecule has 1 saturated heterocycles. The molecule has 1 aliphatic carbocycles. The van der Waals surface area contributed by atoms with Crippen LogP contribution in [0.1, 0.15) is 18.4 Å². The first-order chi connectivity index (χ1) is 15.2. The Balaban J connectivity index is 1.24. The summed E-state index contributed by atoms with van der Waals surface area (Å²) in [7, 11) is 1.81. The van der Waals surface area contributed by atoms with Crippen molar-refractivity contribution in [1.82, 2.24) is 20.5 Å². The SMILES string of the molecule is CN=C(NCc1cccc(OCC(=O)NC2CC2)c1)N1CCN(c2ccccn2)CC1. The molecule has 2 aliphatic rings. The summed E-state index contributed by atoms with van der Waals surface area (Å²) < 4.78 is 5.65. The predicted octanol–water partition coefficient (Wildman–Crippen LogP) is 1.64. The fraction of sp³-hybridized carbons (Fsp3) is 0.435. The van der Waals surface area contributed by atoms with E-state index in [9.17, 15) is 4.79 Å². The van der Waals surface area contributed by atoms with E-state index in [1.54, 1.807) is 0 Å². The number of carbonyl (C=O) groups excluding carboxylic acids is 1. The molecule has 0 unspecified atom stereocenters. The maximum atomic E-state index is 11.8. The Labute approximate surface area is 183 Å². The van der Waals surface area contributed by atoms with Crippen molar-refractivity contribution in [2.45, 2.75) is 25.4 Å². The predicted molar refractivity (Wildman–Crippen MR) is 121 cm³/mol. The number of nitrogens with one attached hydrogen (secondary N) is 2. The highest BCUT2D eigenvalue weighted by molar-refractivity contribution is 5.80. The van der Waals surface area contributed by atoms with E-state index in [2.05, 4.69) is 30.4 Å². The number of aromatic nitrogens is 1. The normalized spacial score (nSPS) is 16.7. The molecule has 1 aliphatic heterocycles. The third-order valence-corrected chi connectivity index (χ3v) is 5.43. The molecule has 0 radical (unpaired) electrons. The monoisotopic (exact) mass is 422 g/mol. The summed E-state index contributed by atoms with van der Waals surface area (Å²) in [6, 6.07) is 14.2. The number of amides is 1. The van der Waals surface area contributed by atoms with Crippen LogP contribution in [0.2, 0.25) is 0 Å². The molecule has 0 spiro atoms. The fourth-order valence-corrected chi connectivity index (χ4v) is 3.59. The molecule has 1 saturated carbocycles. The second-order valence-electron chi connectivity index (χ2n) is 7.84. The number of hydrogen-bond acceptors (Lipinski definition) is 5. The van der Waals surface area contributed by atoms with Gasteiger partial charge in [0, 0.05) is 52.0 Å². The Morgan fingerprint density at radius 3 is 2.71 bits per heavy atom. The zero-order chi connectivity index (χ0) is 21.5. The highest BCUT2D eigenvalue weighted by atomic mass is 16.5. The summed E-state index contributed by atoms with van der Waals surface area (Å²) in [4.78, 5) is 25.3. The fourth-order valence-electron chi connectivity index (χ4n) is 3.59. The van der Waals surface area contributed by atoms with Crippen LogP contribution in [0.25, 0.3) is 0 Å². The standard InChI is InChI=1S/C23H30N6O2/c1-24-23(29-13-11-28(12-14-29)21-7-2-3-10-25-21)26-16-18-5-4-6-20(15-18)31-17-22(30)27-19-8-9-19/h2-7,10,15,19H,8-9,11-14,16-17H2,1H3,(H,24,26)(H,27,30). The summed E-state index contributed by atoms with van der Waals surface area (Å²) in [5.74, 6) is 2.55. The number of piperazine rings is 1. The molecule has 2 N–H and O–H groups in total. The van der Waals surface area contributed by atoms with Crippen molar-refractivity contribution in [2.24, 2.45) is 4.99 Å². The molecule has 0 atom stereocenters. The zero-order valence-corrected chi connectivity index (χ0v) is 18.0. The lowest BCUT2D eigenvalue weighted by Crippen LogP contribution is -2.52. The quantitative estimate of drug-likeness (QED) is 0.522. The Bertz CT molecular complexity index is 892. The number of guanidine groups is 1. The minimum atomic E-state index is -0.0590. The molecule has 2 aromatic rings. The van der Waals surface area contributed by atoms with E-state index in [-0.39, 0.29) is 12.5 Å². The van der Waals surface area contributed by atoms with Crippen molar-refractivity contribution >= 4 is 17.7 Å². The molecule has 1 aromatic carbocycles. The first kappa shape index (κ1) is 21.0. The lowest BCUT2D eigenvalue weighted by molar-refractivity contribution is -0.123. The van der Waals surface area contributed by atoms with Crippen LogP contribution in [0.5, 0.6) is 5.75 Å². The van der Waals surface area contributed by atoms with E-state index in [0.717, 1.165) is 56.4 Å². The van der Waals surface area contributed by atoms with Crippen LogP contribution in [0, 0.1) is 0 Å². The summed E-state index contributed by atoms with van der Waals surface area (Å²) >= 11 is 0. The largest absolute Gasteiger partial charge is 0.484 e. The van der Waals surface area contributed by atoms with Crippen LogP contribution in [0.15, 0.2) is 53.7 Å². The molecule has 2 heterocycles. The molecular weight excluding hydrogens is 392 g/mol. The van der Waals surface area contributed by atoms with Gasteiger partial charge in [0.25, 0.3) is 5.91 Å². The average Bonchev–Trinajstić information content (AvgIpc) is 3.63. The van der Waals surface area contributed by atoms with Gasteiger partial charge in [0.15, 0.2) is 12.6 Å². The van der Waals surface area contributed by atoms with Crippen molar-refractivity contribution in [3.8, 4) is 5.75 Å². The Kier molecular flexibility index (Phi) is 6.86. The number of carbonyl (C=O) groups is 1. The van der Waals surface area contributed by atoms with Gasteiger partial charge in [-0.3, -0.25) is 9.79 Å². The molecule has 0 bridgehead atoms. The molecule has 2 fully saturated rings. The van der Waals surface area contributed by atoms with E-state index < -0.39 is 0 Å². The van der Waals surface area contributed by atoms with Gasteiger partial charge in [-0.25, -0.2) is 4.98 Å². The Hall–Kier alpha value is -3.29. The van der Waals surface area contributed by atoms with Crippen molar-refractivity contribution in [3.63, 3.8) is 0 Å². The summed E-state index contributed by atoms with van der Waals surface area (Å²) in [5, 5.41) is 6.37. The number of pyridine rings is 1. The lowest BCUT2D eigenvalue weighted by atomic mass is 10.2. The highest BCUT2D eigenvalue weighted by Gasteiger charge is 2.23. The van der Waals surface area contributed by atoms with Crippen LogP contribution in [0.4, 0.5) is 5.82 Å². The number of nitrogens with zero attached hydrogens (tertiary/aromatic N) is 4. The van der Waals surface area contributed by atoms with Gasteiger partial charge in [-0.1, -0.05) is 18.2 Å². The average molecular weight is 423 g/mol. The zero-order valence-electron chi connectivity index (χ0n) is 18.0. The number of hydrogen-bond donors (Lipinski definition) is 2. The van der Waals surface area contributed by atoms with Gasteiger partial charge in [-0.15, -0.1) is 0 Å². The van der Waals surface area contributed by atoms with E-state index in [1.807, 2.05) is 55.7 Å².